The lowest BCUT2D eigenvalue weighted by atomic mass is 9.68. The smallest absolute Gasteiger partial charge is 0.332 e. The zero-order valence-electron chi connectivity index (χ0n) is 15.3. The van der Waals surface area contributed by atoms with Gasteiger partial charge in [0.1, 0.15) is 0 Å². The highest BCUT2D eigenvalue weighted by Crippen LogP contribution is 2.47. The summed E-state index contributed by atoms with van der Waals surface area (Å²) in [5.41, 5.74) is 2.11. The van der Waals surface area contributed by atoms with Crippen LogP contribution in [0.1, 0.15) is 36.7 Å². The summed E-state index contributed by atoms with van der Waals surface area (Å²) in [5.74, 6) is -3.09. The second kappa shape index (κ2) is 6.12. The van der Waals surface area contributed by atoms with E-state index in [4.69, 9.17) is 0 Å². The maximum Gasteiger partial charge on any atom is 0.332 e. The van der Waals surface area contributed by atoms with Crippen molar-refractivity contribution in [2.24, 2.45) is 5.41 Å². The van der Waals surface area contributed by atoms with Gasteiger partial charge in [-0.1, -0.05) is 18.2 Å². The summed E-state index contributed by atoms with van der Waals surface area (Å²) < 4.78 is 2.08. The lowest BCUT2D eigenvalue weighted by Gasteiger charge is -2.34. The minimum Gasteiger partial charge on any atom is -0.481 e. The lowest BCUT2D eigenvalue weighted by molar-refractivity contribution is -0.146. The van der Waals surface area contributed by atoms with E-state index in [-0.39, 0.29) is 5.57 Å². The molecule has 2 aromatic rings. The van der Waals surface area contributed by atoms with E-state index < -0.39 is 23.3 Å². The van der Waals surface area contributed by atoms with Gasteiger partial charge < -0.3 is 14.8 Å². The normalized spacial score (nSPS) is 22.5. The quantitative estimate of drug-likeness (QED) is 0.877. The van der Waals surface area contributed by atoms with Crippen molar-refractivity contribution in [1.82, 2.24) is 9.55 Å². The van der Waals surface area contributed by atoms with Gasteiger partial charge in [0, 0.05) is 29.4 Å². The number of carboxylic acid groups (broad SMARTS) is 2. The van der Waals surface area contributed by atoms with Crippen molar-refractivity contribution in [3.63, 3.8) is 0 Å². The Balaban J connectivity index is 2.41. The standard InChI is InChI=1S/C20H22N2O4/c1-5-22-12(3)11(2)13-8-10-21-16(17(13)22)15-14(18(23)24)7-6-9-20(15,4)19(25)26/h6-10,15H,5H2,1-4H3,(H,23,24)(H,25,26). The number of hydrogen-bond donors (Lipinski definition) is 2. The predicted octanol–water partition coefficient (Wildman–Crippen LogP) is 3.43. The van der Waals surface area contributed by atoms with Crippen molar-refractivity contribution in [3.8, 4) is 0 Å². The van der Waals surface area contributed by atoms with Gasteiger partial charge >= 0.3 is 11.9 Å². The third-order valence-electron chi connectivity index (χ3n) is 5.50. The van der Waals surface area contributed by atoms with Gasteiger partial charge in [0.25, 0.3) is 0 Å². The van der Waals surface area contributed by atoms with Gasteiger partial charge in [-0.15, -0.1) is 0 Å². The number of fused-ring (bicyclic) bond motifs is 1. The van der Waals surface area contributed by atoms with Crippen molar-refractivity contribution in [1.29, 1.82) is 0 Å². The fourth-order valence-corrected chi connectivity index (χ4v) is 3.92. The molecule has 1 aliphatic carbocycles. The summed E-state index contributed by atoms with van der Waals surface area (Å²) in [6.07, 6.45) is 6.15. The Bertz CT molecular complexity index is 983. The molecule has 0 spiro atoms. The highest BCUT2D eigenvalue weighted by atomic mass is 16.4. The Kier molecular flexibility index (Phi) is 4.22. The molecule has 0 aromatic carbocycles. The first-order valence-corrected chi connectivity index (χ1v) is 8.54. The molecule has 3 rings (SSSR count). The van der Waals surface area contributed by atoms with Crippen LogP contribution in [-0.4, -0.2) is 31.7 Å². The van der Waals surface area contributed by atoms with Crippen molar-refractivity contribution in [2.75, 3.05) is 0 Å². The fourth-order valence-electron chi connectivity index (χ4n) is 3.92. The average Bonchev–Trinajstić information content (AvgIpc) is 2.85. The van der Waals surface area contributed by atoms with Crippen molar-refractivity contribution in [3.05, 3.63) is 53.0 Å². The van der Waals surface area contributed by atoms with Crippen molar-refractivity contribution < 1.29 is 19.8 Å². The number of hydrogen-bond acceptors (Lipinski definition) is 3. The molecular formula is C20H22N2O4. The molecule has 0 saturated carbocycles. The number of carbonyl (C=O) groups is 2. The third kappa shape index (κ3) is 2.36. The summed E-state index contributed by atoms with van der Waals surface area (Å²) >= 11 is 0. The topological polar surface area (TPSA) is 92.4 Å². The molecule has 1 aliphatic rings. The Morgan fingerprint density at radius 3 is 2.58 bits per heavy atom. The van der Waals surface area contributed by atoms with E-state index in [1.807, 2.05) is 26.8 Å². The van der Waals surface area contributed by atoms with Gasteiger partial charge in [-0.05, 0) is 39.3 Å². The largest absolute Gasteiger partial charge is 0.481 e. The summed E-state index contributed by atoms with van der Waals surface area (Å²) in [6.45, 7) is 8.26. The number of aryl methyl sites for hydroxylation is 2. The Labute approximate surface area is 151 Å². The van der Waals surface area contributed by atoms with Gasteiger partial charge in [0.05, 0.1) is 22.5 Å². The van der Waals surface area contributed by atoms with E-state index in [9.17, 15) is 19.8 Å². The summed E-state index contributed by atoms with van der Waals surface area (Å²) in [4.78, 5) is 28.4. The molecule has 0 fully saturated rings. The highest BCUT2D eigenvalue weighted by molar-refractivity contribution is 5.96. The molecule has 0 aliphatic heterocycles. The van der Waals surface area contributed by atoms with Gasteiger partial charge in [-0.2, -0.15) is 0 Å². The molecule has 0 amide bonds. The second-order valence-corrected chi connectivity index (χ2v) is 6.85. The van der Waals surface area contributed by atoms with Gasteiger partial charge in [0.15, 0.2) is 0 Å². The Morgan fingerprint density at radius 2 is 2.00 bits per heavy atom. The van der Waals surface area contributed by atoms with Crippen LogP contribution >= 0.6 is 0 Å². The first-order chi connectivity index (χ1) is 12.2. The fraction of sp³-hybridized carbons (Fsp3) is 0.350. The van der Waals surface area contributed by atoms with E-state index in [1.54, 1.807) is 19.2 Å². The number of aliphatic carboxylic acids is 2. The van der Waals surface area contributed by atoms with Crippen LogP contribution in [0.25, 0.3) is 10.9 Å². The number of aromatic nitrogens is 2. The molecule has 2 atom stereocenters. The number of rotatable bonds is 4. The average molecular weight is 354 g/mol. The van der Waals surface area contributed by atoms with Crippen LogP contribution in [0.3, 0.4) is 0 Å². The summed E-state index contributed by atoms with van der Waals surface area (Å²) in [5, 5.41) is 20.6. The molecule has 6 heteroatoms. The van der Waals surface area contributed by atoms with Crippen molar-refractivity contribution in [2.45, 2.75) is 40.2 Å². The SMILES string of the molecule is CCn1c(C)c(C)c2ccnc(C3C(C(=O)O)=CC=CC3(C)C(=O)O)c21. The number of nitrogens with zero attached hydrogens (tertiary/aromatic N) is 2. The van der Waals surface area contributed by atoms with Crippen LogP contribution in [-0.2, 0) is 16.1 Å². The second-order valence-electron chi connectivity index (χ2n) is 6.85. The van der Waals surface area contributed by atoms with Crippen LogP contribution in [0.5, 0.6) is 0 Å². The van der Waals surface area contributed by atoms with Crippen LogP contribution in [0.15, 0.2) is 36.1 Å². The zero-order valence-corrected chi connectivity index (χ0v) is 15.3. The number of allylic oxidation sites excluding steroid dienone is 2. The molecule has 2 aromatic heterocycles. The van der Waals surface area contributed by atoms with E-state index in [2.05, 4.69) is 9.55 Å². The minimum absolute atomic E-state index is 0.0385. The molecule has 26 heavy (non-hydrogen) atoms. The van der Waals surface area contributed by atoms with E-state index >= 15 is 0 Å². The molecule has 6 nitrogen and oxygen atoms in total. The van der Waals surface area contributed by atoms with Gasteiger partial charge in [0.2, 0.25) is 0 Å². The highest BCUT2D eigenvalue weighted by Gasteiger charge is 2.47. The number of pyridine rings is 1. The molecular weight excluding hydrogens is 332 g/mol. The summed E-state index contributed by atoms with van der Waals surface area (Å²) in [6, 6.07) is 1.90. The third-order valence-corrected chi connectivity index (χ3v) is 5.50. The maximum atomic E-state index is 12.1. The molecule has 0 radical (unpaired) electrons. The predicted molar refractivity (Wildman–Crippen MR) is 98.2 cm³/mol. The molecule has 2 unspecified atom stereocenters. The first-order valence-electron chi connectivity index (χ1n) is 8.54. The minimum atomic E-state index is -1.39. The van der Waals surface area contributed by atoms with E-state index in [1.165, 1.54) is 12.2 Å². The Morgan fingerprint density at radius 1 is 1.31 bits per heavy atom. The van der Waals surface area contributed by atoms with Crippen LogP contribution in [0.2, 0.25) is 0 Å². The van der Waals surface area contributed by atoms with E-state index in [0.717, 1.165) is 22.2 Å². The van der Waals surface area contributed by atoms with Gasteiger partial charge in [-0.25, -0.2) is 4.79 Å². The van der Waals surface area contributed by atoms with Crippen LogP contribution in [0, 0.1) is 19.3 Å². The monoisotopic (exact) mass is 354 g/mol. The lowest BCUT2D eigenvalue weighted by Crippen LogP contribution is -2.37. The van der Waals surface area contributed by atoms with Crippen molar-refractivity contribution >= 4 is 22.8 Å². The Hall–Kier alpha value is -2.89. The zero-order chi connectivity index (χ0) is 19.2. The molecule has 2 heterocycles. The molecule has 0 saturated heterocycles. The molecule has 2 N–H and O–H groups in total. The summed E-state index contributed by atoms with van der Waals surface area (Å²) in [7, 11) is 0. The molecule has 136 valence electrons. The van der Waals surface area contributed by atoms with Crippen LogP contribution in [0.4, 0.5) is 0 Å². The number of carboxylic acids is 2. The molecule has 0 bridgehead atoms. The first kappa shape index (κ1) is 17.9. The van der Waals surface area contributed by atoms with Gasteiger partial charge in [-0.3, -0.25) is 9.78 Å². The van der Waals surface area contributed by atoms with E-state index in [0.29, 0.717) is 12.2 Å². The van der Waals surface area contributed by atoms with Crippen LogP contribution < -0.4 is 0 Å². The maximum absolute atomic E-state index is 12.1.